The van der Waals surface area contributed by atoms with Gasteiger partial charge in [-0.2, -0.15) is 11.3 Å². The van der Waals surface area contributed by atoms with Crippen molar-refractivity contribution in [3.05, 3.63) is 56.7 Å². The van der Waals surface area contributed by atoms with Gasteiger partial charge in [0.2, 0.25) is 0 Å². The molecule has 2 N–H and O–H groups in total. The maximum Gasteiger partial charge on any atom is 0.267 e. The highest BCUT2D eigenvalue weighted by molar-refractivity contribution is 7.17. The van der Waals surface area contributed by atoms with Crippen molar-refractivity contribution in [3.63, 3.8) is 0 Å². The molecule has 5 nitrogen and oxygen atoms in total. The number of thiophene rings is 1. The lowest BCUT2D eigenvalue weighted by molar-refractivity contribution is 0.0927. The third kappa shape index (κ3) is 4.63. The van der Waals surface area contributed by atoms with Crippen LogP contribution in [0.15, 0.2) is 35.0 Å². The van der Waals surface area contributed by atoms with Gasteiger partial charge in [0.15, 0.2) is 0 Å². The number of hydrogen-bond acceptors (Lipinski definition) is 5. The number of carbonyl (C=O) groups is 2. The van der Waals surface area contributed by atoms with Crippen LogP contribution in [0.4, 0.5) is 5.69 Å². The monoisotopic (exact) mass is 439 g/mol. The molecule has 2 aromatic heterocycles. The van der Waals surface area contributed by atoms with Gasteiger partial charge in [-0.25, -0.2) is 4.98 Å². The molecule has 0 bridgehead atoms. The van der Waals surface area contributed by atoms with E-state index < -0.39 is 0 Å². The number of aromatic nitrogens is 1. The minimum Gasteiger partial charge on any atom is -0.349 e. The van der Waals surface area contributed by atoms with E-state index in [9.17, 15) is 9.59 Å². The number of benzene rings is 1. The summed E-state index contributed by atoms with van der Waals surface area (Å²) in [6.45, 7) is 3.76. The Hall–Kier alpha value is -2.51. The van der Waals surface area contributed by atoms with Crippen molar-refractivity contribution in [1.29, 1.82) is 0 Å². The van der Waals surface area contributed by atoms with Crippen molar-refractivity contribution in [2.45, 2.75) is 52.0 Å². The summed E-state index contributed by atoms with van der Waals surface area (Å²) in [5.41, 5.74) is 3.96. The molecule has 0 atom stereocenters. The lowest BCUT2D eigenvalue weighted by atomic mass is 9.95. The molecule has 3 aromatic rings. The van der Waals surface area contributed by atoms with Gasteiger partial charge in [0.05, 0.1) is 5.69 Å². The predicted molar refractivity (Wildman–Crippen MR) is 124 cm³/mol. The topological polar surface area (TPSA) is 71.1 Å². The van der Waals surface area contributed by atoms with Crippen molar-refractivity contribution in [1.82, 2.24) is 10.3 Å². The number of anilines is 1. The number of nitrogens with zero attached hydrogens (tertiary/aromatic N) is 1. The molecule has 30 heavy (non-hydrogen) atoms. The van der Waals surface area contributed by atoms with Crippen LogP contribution < -0.4 is 10.6 Å². The molecule has 0 radical (unpaired) electrons. The first-order chi connectivity index (χ1) is 14.5. The Labute approximate surface area is 184 Å². The average Bonchev–Trinajstić information content (AvgIpc) is 3.40. The van der Waals surface area contributed by atoms with Gasteiger partial charge >= 0.3 is 0 Å². The third-order valence-electron chi connectivity index (χ3n) is 5.45. The molecule has 1 aliphatic rings. The Morgan fingerprint density at radius 1 is 1.07 bits per heavy atom. The minimum atomic E-state index is -0.172. The Morgan fingerprint density at radius 2 is 1.87 bits per heavy atom. The molecule has 0 saturated heterocycles. The van der Waals surface area contributed by atoms with Crippen LogP contribution in [0.1, 0.15) is 63.4 Å². The van der Waals surface area contributed by atoms with Crippen LogP contribution >= 0.6 is 22.7 Å². The zero-order chi connectivity index (χ0) is 21.1. The molecule has 156 valence electrons. The lowest BCUT2D eigenvalue weighted by Gasteiger charge is -2.23. The largest absolute Gasteiger partial charge is 0.349 e. The van der Waals surface area contributed by atoms with E-state index in [4.69, 9.17) is 0 Å². The van der Waals surface area contributed by atoms with E-state index in [2.05, 4.69) is 15.6 Å². The molecular formula is C23H25N3O2S2. The molecule has 1 aromatic carbocycles. The van der Waals surface area contributed by atoms with E-state index in [1.54, 1.807) is 23.5 Å². The van der Waals surface area contributed by atoms with Crippen molar-refractivity contribution in [2.75, 3.05) is 5.32 Å². The maximum atomic E-state index is 12.8. The summed E-state index contributed by atoms with van der Waals surface area (Å²) in [5, 5.41) is 11.0. The minimum absolute atomic E-state index is 0.0402. The fourth-order valence-corrected chi connectivity index (χ4v) is 5.43. The summed E-state index contributed by atoms with van der Waals surface area (Å²) in [6.07, 6.45) is 5.73. The normalized spacial score (nSPS) is 14.5. The maximum absolute atomic E-state index is 12.8. The van der Waals surface area contributed by atoms with Crippen LogP contribution in [0.25, 0.3) is 10.6 Å². The number of rotatable bonds is 5. The molecule has 0 aliphatic heterocycles. The smallest absolute Gasteiger partial charge is 0.267 e. The SMILES string of the molecule is Cc1cc(C(=O)NC2CCCCC2)ccc1NC(=O)c1sc(-c2ccsc2)nc1C. The number of aryl methyl sites for hydroxylation is 2. The first-order valence-corrected chi connectivity index (χ1v) is 12.0. The predicted octanol–water partition coefficient (Wildman–Crippen LogP) is 5.80. The molecular weight excluding hydrogens is 414 g/mol. The summed E-state index contributed by atoms with van der Waals surface area (Å²) < 4.78 is 0. The first-order valence-electron chi connectivity index (χ1n) is 10.2. The van der Waals surface area contributed by atoms with Gasteiger partial charge in [-0.1, -0.05) is 19.3 Å². The first kappa shape index (κ1) is 20.8. The van der Waals surface area contributed by atoms with Gasteiger partial charge in [-0.3, -0.25) is 9.59 Å². The van der Waals surface area contributed by atoms with E-state index in [1.165, 1.54) is 30.6 Å². The molecule has 1 fully saturated rings. The van der Waals surface area contributed by atoms with Crippen LogP contribution in [0.2, 0.25) is 0 Å². The zero-order valence-electron chi connectivity index (χ0n) is 17.2. The molecule has 1 saturated carbocycles. The molecule has 7 heteroatoms. The van der Waals surface area contributed by atoms with Crippen molar-refractivity contribution < 1.29 is 9.59 Å². The Kier molecular flexibility index (Phi) is 6.29. The van der Waals surface area contributed by atoms with Gasteiger partial charge in [0.1, 0.15) is 9.88 Å². The van der Waals surface area contributed by atoms with E-state index in [-0.39, 0.29) is 17.9 Å². The number of thiazole rings is 1. The summed E-state index contributed by atoms with van der Waals surface area (Å²) in [5.74, 6) is -0.212. The van der Waals surface area contributed by atoms with Gasteiger partial charge < -0.3 is 10.6 Å². The van der Waals surface area contributed by atoms with Gasteiger partial charge in [0, 0.05) is 28.2 Å². The second-order valence-corrected chi connectivity index (χ2v) is 9.52. The van der Waals surface area contributed by atoms with Crippen molar-refractivity contribution >= 4 is 40.2 Å². The third-order valence-corrected chi connectivity index (χ3v) is 7.34. The number of amides is 2. The van der Waals surface area contributed by atoms with Crippen LogP contribution in [-0.4, -0.2) is 22.8 Å². The van der Waals surface area contributed by atoms with E-state index in [0.717, 1.165) is 34.7 Å². The van der Waals surface area contributed by atoms with Gasteiger partial charge in [-0.05, 0) is 61.9 Å². The average molecular weight is 440 g/mol. The lowest BCUT2D eigenvalue weighted by Crippen LogP contribution is -2.36. The summed E-state index contributed by atoms with van der Waals surface area (Å²) in [7, 11) is 0. The standard InChI is InChI=1S/C23H25N3O2S2/c1-14-12-16(21(27)25-18-6-4-3-5-7-18)8-9-19(14)26-22(28)20-15(2)24-23(30-20)17-10-11-29-13-17/h8-13,18H,3-7H2,1-2H3,(H,25,27)(H,26,28). The molecule has 2 heterocycles. The van der Waals surface area contributed by atoms with Crippen LogP contribution in [0.5, 0.6) is 0 Å². The highest BCUT2D eigenvalue weighted by Crippen LogP contribution is 2.30. The van der Waals surface area contributed by atoms with Crippen molar-refractivity contribution in [3.8, 4) is 10.6 Å². The van der Waals surface area contributed by atoms with Gasteiger partial charge in [-0.15, -0.1) is 11.3 Å². The number of nitrogens with one attached hydrogen (secondary N) is 2. The summed E-state index contributed by atoms with van der Waals surface area (Å²) in [6, 6.07) is 7.70. The highest BCUT2D eigenvalue weighted by atomic mass is 32.1. The fourth-order valence-electron chi connectivity index (χ4n) is 3.76. The van der Waals surface area contributed by atoms with Crippen LogP contribution in [-0.2, 0) is 0 Å². The second-order valence-electron chi connectivity index (χ2n) is 7.74. The highest BCUT2D eigenvalue weighted by Gasteiger charge is 2.19. The Morgan fingerprint density at radius 3 is 2.57 bits per heavy atom. The fraction of sp³-hybridized carbons (Fsp3) is 0.348. The second kappa shape index (κ2) is 9.10. The Balaban J connectivity index is 1.44. The number of hydrogen-bond donors (Lipinski definition) is 2. The van der Waals surface area contributed by atoms with E-state index >= 15 is 0 Å². The molecule has 0 unspecified atom stereocenters. The summed E-state index contributed by atoms with van der Waals surface area (Å²) in [4.78, 5) is 30.6. The van der Waals surface area contributed by atoms with Gasteiger partial charge in [0.25, 0.3) is 11.8 Å². The van der Waals surface area contributed by atoms with Crippen molar-refractivity contribution in [2.24, 2.45) is 0 Å². The molecule has 4 rings (SSSR count). The molecule has 2 amide bonds. The van der Waals surface area contributed by atoms with Crippen LogP contribution in [0, 0.1) is 13.8 Å². The summed E-state index contributed by atoms with van der Waals surface area (Å²) >= 11 is 3.01. The number of carbonyl (C=O) groups excluding carboxylic acids is 2. The van der Waals surface area contributed by atoms with E-state index in [1.807, 2.05) is 36.7 Å². The quantitative estimate of drug-likeness (QED) is 0.527. The molecule has 0 spiro atoms. The zero-order valence-corrected chi connectivity index (χ0v) is 18.8. The van der Waals surface area contributed by atoms with Crippen LogP contribution in [0.3, 0.4) is 0 Å². The Bertz CT molecular complexity index is 1050. The van der Waals surface area contributed by atoms with E-state index in [0.29, 0.717) is 16.1 Å². The molecule has 1 aliphatic carbocycles.